The Hall–Kier alpha value is -7.04. The standard InChI is InChI=1S/C54H46N2O2/c1-6-16-44(17-7-1)55(48-32-36-52(37-33-48)57-50-20-10-3-11-21-50)46-28-24-42(25-29-46)54(40-14-5-15-41-54)43-26-30-47(31-27-43)56(45-18-8-2-9-19-45)49-34-38-53(39-35-49)58-51-22-12-4-13-23-51/h1-4,6-13,16-39H,5,14-15,40-41H2. The lowest BCUT2D eigenvalue weighted by atomic mass is 9.65. The van der Waals surface area contributed by atoms with Crippen molar-refractivity contribution in [1.29, 1.82) is 0 Å². The van der Waals surface area contributed by atoms with E-state index < -0.39 is 0 Å². The zero-order chi connectivity index (χ0) is 39.0. The number of benzene rings is 8. The van der Waals surface area contributed by atoms with E-state index in [9.17, 15) is 0 Å². The molecule has 0 radical (unpaired) electrons. The molecular weight excluding hydrogens is 709 g/mol. The summed E-state index contributed by atoms with van der Waals surface area (Å²) in [6.07, 6.45) is 5.95. The van der Waals surface area contributed by atoms with Crippen LogP contribution in [0.3, 0.4) is 0 Å². The molecule has 0 aliphatic heterocycles. The Balaban J connectivity index is 1.01. The second-order valence-corrected chi connectivity index (χ2v) is 14.9. The lowest BCUT2D eigenvalue weighted by Crippen LogP contribution is -2.30. The summed E-state index contributed by atoms with van der Waals surface area (Å²) in [5.41, 5.74) is 9.28. The number of hydrogen-bond donors (Lipinski definition) is 0. The predicted molar refractivity (Wildman–Crippen MR) is 239 cm³/mol. The van der Waals surface area contributed by atoms with Crippen LogP contribution < -0.4 is 19.3 Å². The van der Waals surface area contributed by atoms with Gasteiger partial charge in [0.2, 0.25) is 0 Å². The van der Waals surface area contributed by atoms with Crippen molar-refractivity contribution < 1.29 is 9.47 Å². The van der Waals surface area contributed by atoms with Gasteiger partial charge in [0.15, 0.2) is 0 Å². The van der Waals surface area contributed by atoms with Gasteiger partial charge in [-0.2, -0.15) is 0 Å². The fourth-order valence-electron chi connectivity index (χ4n) is 8.38. The molecule has 9 rings (SSSR count). The Labute approximate surface area is 342 Å². The van der Waals surface area contributed by atoms with Gasteiger partial charge in [0.05, 0.1) is 0 Å². The van der Waals surface area contributed by atoms with Gasteiger partial charge >= 0.3 is 0 Å². The molecule has 4 heteroatoms. The molecule has 4 nitrogen and oxygen atoms in total. The first-order valence-corrected chi connectivity index (χ1v) is 20.3. The first kappa shape index (κ1) is 36.6. The molecule has 1 saturated carbocycles. The van der Waals surface area contributed by atoms with Crippen molar-refractivity contribution in [3.05, 3.63) is 230 Å². The molecule has 0 bridgehead atoms. The highest BCUT2D eigenvalue weighted by Gasteiger charge is 2.36. The predicted octanol–water partition coefficient (Wildman–Crippen LogP) is 15.5. The maximum Gasteiger partial charge on any atom is 0.127 e. The van der Waals surface area contributed by atoms with Gasteiger partial charge in [-0.3, -0.25) is 0 Å². The molecule has 284 valence electrons. The van der Waals surface area contributed by atoms with E-state index in [1.165, 1.54) is 30.4 Å². The largest absolute Gasteiger partial charge is 0.457 e. The van der Waals surface area contributed by atoms with Gasteiger partial charge in [0, 0.05) is 39.5 Å². The van der Waals surface area contributed by atoms with E-state index in [2.05, 4.69) is 143 Å². The second kappa shape index (κ2) is 17.0. The molecule has 1 aliphatic carbocycles. The van der Waals surface area contributed by atoms with E-state index >= 15 is 0 Å². The Morgan fingerprint density at radius 3 is 0.897 bits per heavy atom. The van der Waals surface area contributed by atoms with Crippen LogP contribution in [0.2, 0.25) is 0 Å². The van der Waals surface area contributed by atoms with Crippen LogP contribution in [0, 0.1) is 0 Å². The maximum absolute atomic E-state index is 6.12. The third kappa shape index (κ3) is 7.96. The summed E-state index contributed by atoms with van der Waals surface area (Å²) in [6, 6.07) is 76.4. The molecule has 0 spiro atoms. The minimum absolute atomic E-state index is 0.0582. The van der Waals surface area contributed by atoms with Gasteiger partial charge in [-0.1, -0.05) is 116 Å². The van der Waals surface area contributed by atoms with E-state index in [0.717, 1.165) is 70.0 Å². The Bertz CT molecular complexity index is 2310. The molecule has 0 amide bonds. The van der Waals surface area contributed by atoms with Crippen molar-refractivity contribution in [2.45, 2.75) is 37.5 Å². The van der Waals surface area contributed by atoms with Crippen LogP contribution in [0.1, 0.15) is 43.2 Å². The summed E-state index contributed by atoms with van der Waals surface area (Å²) in [7, 11) is 0. The lowest BCUT2D eigenvalue weighted by Gasteiger charge is -2.39. The number of hydrogen-bond acceptors (Lipinski definition) is 4. The number of ether oxygens (including phenoxy) is 2. The van der Waals surface area contributed by atoms with Crippen molar-refractivity contribution in [2.75, 3.05) is 9.80 Å². The first-order chi connectivity index (χ1) is 28.7. The van der Waals surface area contributed by atoms with Crippen LogP contribution in [-0.2, 0) is 5.41 Å². The van der Waals surface area contributed by atoms with E-state index in [0.29, 0.717) is 0 Å². The van der Waals surface area contributed by atoms with Crippen molar-refractivity contribution in [3.8, 4) is 23.0 Å². The average molecular weight is 755 g/mol. The number of anilines is 6. The molecule has 8 aromatic rings. The fraction of sp³-hybridized carbons (Fsp3) is 0.111. The number of rotatable bonds is 12. The molecule has 0 unspecified atom stereocenters. The van der Waals surface area contributed by atoms with Crippen molar-refractivity contribution in [1.82, 2.24) is 0 Å². The molecule has 1 fully saturated rings. The molecular formula is C54H46N2O2. The fourth-order valence-corrected chi connectivity index (χ4v) is 8.38. The van der Waals surface area contributed by atoms with Crippen molar-refractivity contribution in [2.24, 2.45) is 0 Å². The van der Waals surface area contributed by atoms with Gasteiger partial charge < -0.3 is 19.3 Å². The highest BCUT2D eigenvalue weighted by molar-refractivity contribution is 5.78. The van der Waals surface area contributed by atoms with Gasteiger partial charge in [-0.15, -0.1) is 0 Å². The highest BCUT2D eigenvalue weighted by atomic mass is 16.5. The summed E-state index contributed by atoms with van der Waals surface area (Å²) in [6.45, 7) is 0. The monoisotopic (exact) mass is 754 g/mol. The van der Waals surface area contributed by atoms with Crippen LogP contribution in [0.15, 0.2) is 218 Å². The summed E-state index contributed by atoms with van der Waals surface area (Å²) in [4.78, 5) is 4.63. The van der Waals surface area contributed by atoms with E-state index in [-0.39, 0.29) is 5.41 Å². The minimum atomic E-state index is -0.0582. The second-order valence-electron chi connectivity index (χ2n) is 14.9. The molecule has 58 heavy (non-hydrogen) atoms. The maximum atomic E-state index is 6.12. The van der Waals surface area contributed by atoms with Crippen molar-refractivity contribution in [3.63, 3.8) is 0 Å². The Morgan fingerprint density at radius 2 is 0.552 bits per heavy atom. The SMILES string of the molecule is c1ccc(Oc2ccc(N(c3ccccc3)c3ccc(C4(c5ccc(N(c6ccccc6)c6ccc(Oc7ccccc7)cc6)cc5)CCCCC4)cc3)cc2)cc1. The molecule has 0 atom stereocenters. The lowest BCUT2D eigenvalue weighted by molar-refractivity contribution is 0.346. The normalized spacial score (nSPS) is 13.3. The summed E-state index contributed by atoms with van der Waals surface area (Å²) in [5.74, 6) is 3.26. The van der Waals surface area contributed by atoms with Crippen LogP contribution in [0.25, 0.3) is 0 Å². The van der Waals surface area contributed by atoms with E-state index in [1.807, 2.05) is 84.9 Å². The molecule has 8 aromatic carbocycles. The summed E-state index contributed by atoms with van der Waals surface area (Å²) in [5, 5.41) is 0. The average Bonchev–Trinajstić information content (AvgIpc) is 3.30. The third-order valence-corrected chi connectivity index (χ3v) is 11.2. The highest BCUT2D eigenvalue weighted by Crippen LogP contribution is 2.47. The Kier molecular flexibility index (Phi) is 10.7. The smallest absolute Gasteiger partial charge is 0.127 e. The van der Waals surface area contributed by atoms with Gasteiger partial charge in [0.25, 0.3) is 0 Å². The Morgan fingerprint density at radius 1 is 0.276 bits per heavy atom. The molecule has 0 saturated heterocycles. The van der Waals surface area contributed by atoms with Crippen LogP contribution >= 0.6 is 0 Å². The zero-order valence-corrected chi connectivity index (χ0v) is 32.5. The summed E-state index contributed by atoms with van der Waals surface area (Å²) < 4.78 is 12.2. The molecule has 0 aromatic heterocycles. The first-order valence-electron chi connectivity index (χ1n) is 20.3. The third-order valence-electron chi connectivity index (χ3n) is 11.2. The quantitative estimate of drug-likeness (QED) is 0.124. The van der Waals surface area contributed by atoms with Gasteiger partial charge in [0.1, 0.15) is 23.0 Å². The number of nitrogens with zero attached hydrogens (tertiary/aromatic N) is 2. The van der Waals surface area contributed by atoms with Crippen LogP contribution in [-0.4, -0.2) is 0 Å². The summed E-state index contributed by atoms with van der Waals surface area (Å²) >= 11 is 0. The van der Waals surface area contributed by atoms with Crippen molar-refractivity contribution >= 4 is 34.1 Å². The topological polar surface area (TPSA) is 24.9 Å². The van der Waals surface area contributed by atoms with Crippen LogP contribution in [0.5, 0.6) is 23.0 Å². The zero-order valence-electron chi connectivity index (χ0n) is 32.5. The molecule has 0 N–H and O–H groups in total. The minimum Gasteiger partial charge on any atom is -0.457 e. The van der Waals surface area contributed by atoms with E-state index in [1.54, 1.807) is 0 Å². The van der Waals surface area contributed by atoms with Gasteiger partial charge in [-0.05, 0) is 145 Å². The van der Waals surface area contributed by atoms with Crippen LogP contribution in [0.4, 0.5) is 34.1 Å². The van der Waals surface area contributed by atoms with E-state index in [4.69, 9.17) is 9.47 Å². The van der Waals surface area contributed by atoms with Gasteiger partial charge in [-0.25, -0.2) is 0 Å². The molecule has 0 heterocycles. The number of para-hydroxylation sites is 4. The molecule has 1 aliphatic rings.